The third kappa shape index (κ3) is 5.74. The number of unbranched alkanes of at least 4 members (excludes halogenated alkanes) is 1. The van der Waals surface area contributed by atoms with E-state index in [1.165, 1.54) is 11.1 Å². The normalized spacial score (nSPS) is 19.9. The molecule has 1 saturated heterocycles. The molecule has 2 amide bonds. The van der Waals surface area contributed by atoms with Crippen molar-refractivity contribution in [2.24, 2.45) is 0 Å². The largest absolute Gasteiger partial charge is 0.493 e. The predicted molar refractivity (Wildman–Crippen MR) is 146 cm³/mol. The van der Waals surface area contributed by atoms with Gasteiger partial charge < -0.3 is 18.9 Å². The quantitative estimate of drug-likeness (QED) is 0.304. The molecular formula is C29H35NO6S. The van der Waals surface area contributed by atoms with Crippen LogP contribution in [0.15, 0.2) is 23.1 Å². The fourth-order valence-corrected chi connectivity index (χ4v) is 5.30. The van der Waals surface area contributed by atoms with Gasteiger partial charge in [-0.2, -0.15) is 0 Å². The van der Waals surface area contributed by atoms with Crippen LogP contribution >= 0.6 is 11.8 Å². The predicted octanol–water partition coefficient (Wildman–Crippen LogP) is 6.29. The lowest BCUT2D eigenvalue weighted by atomic mass is 9.87. The van der Waals surface area contributed by atoms with Gasteiger partial charge in [0.1, 0.15) is 23.7 Å². The lowest BCUT2D eigenvalue weighted by Crippen LogP contribution is -2.42. The molecule has 198 valence electrons. The summed E-state index contributed by atoms with van der Waals surface area (Å²) in [4.78, 5) is 23.6. The first-order valence-electron chi connectivity index (χ1n) is 12.7. The van der Waals surface area contributed by atoms with Crippen LogP contribution in [0.4, 0.5) is 4.79 Å². The molecule has 2 aromatic rings. The number of rotatable bonds is 9. The number of thioether (sulfide) groups is 1. The fraction of sp³-hybridized carbons (Fsp3) is 0.448. The van der Waals surface area contributed by atoms with Gasteiger partial charge >= 0.3 is 0 Å². The van der Waals surface area contributed by atoms with Crippen molar-refractivity contribution in [3.8, 4) is 23.0 Å². The molecule has 0 aliphatic carbocycles. The maximum absolute atomic E-state index is 11.9. The molecule has 2 aromatic carbocycles. The van der Waals surface area contributed by atoms with Gasteiger partial charge in [-0.1, -0.05) is 19.4 Å². The van der Waals surface area contributed by atoms with Crippen molar-refractivity contribution in [3.63, 3.8) is 0 Å². The van der Waals surface area contributed by atoms with Gasteiger partial charge in [-0.25, -0.2) is 0 Å². The molecule has 0 aromatic heterocycles. The minimum absolute atomic E-state index is 0.349. The highest BCUT2D eigenvalue weighted by atomic mass is 32.2. The van der Waals surface area contributed by atoms with Gasteiger partial charge in [-0.05, 0) is 99.2 Å². The number of imide groups is 1. The van der Waals surface area contributed by atoms with Crippen LogP contribution in [0.5, 0.6) is 23.0 Å². The van der Waals surface area contributed by atoms with E-state index in [1.54, 1.807) is 19.3 Å². The molecule has 1 unspecified atom stereocenters. The van der Waals surface area contributed by atoms with Gasteiger partial charge in [0.05, 0.1) is 18.6 Å². The van der Waals surface area contributed by atoms with Crippen LogP contribution in [0.25, 0.3) is 6.08 Å². The third-order valence-corrected chi connectivity index (χ3v) is 7.78. The maximum Gasteiger partial charge on any atom is 0.290 e. The summed E-state index contributed by atoms with van der Waals surface area (Å²) in [6, 6.07) is 5.43. The summed E-state index contributed by atoms with van der Waals surface area (Å²) in [5.41, 5.74) is 4.85. The van der Waals surface area contributed by atoms with Gasteiger partial charge in [-0.3, -0.25) is 14.9 Å². The first kappa shape index (κ1) is 26.9. The number of carbonyl (C=O) groups excluding carboxylic acids is 2. The number of amides is 2. The number of ether oxygens (including phenoxy) is 4. The lowest BCUT2D eigenvalue weighted by molar-refractivity contribution is -0.115. The lowest BCUT2D eigenvalue weighted by Gasteiger charge is -2.38. The zero-order valence-corrected chi connectivity index (χ0v) is 23.2. The Kier molecular flexibility index (Phi) is 8.07. The number of hydrogen-bond acceptors (Lipinski definition) is 7. The summed E-state index contributed by atoms with van der Waals surface area (Å²) >= 11 is 0.883. The number of carbonyl (C=O) groups is 2. The van der Waals surface area contributed by atoms with Gasteiger partial charge in [-0.15, -0.1) is 0 Å². The van der Waals surface area contributed by atoms with Gasteiger partial charge in [0.2, 0.25) is 0 Å². The Labute approximate surface area is 222 Å². The zero-order chi connectivity index (χ0) is 26.7. The van der Waals surface area contributed by atoms with Crippen LogP contribution in [0.2, 0.25) is 0 Å². The zero-order valence-electron chi connectivity index (χ0n) is 22.4. The highest BCUT2D eigenvalue weighted by Crippen LogP contribution is 2.44. The van der Waals surface area contributed by atoms with Gasteiger partial charge in [0, 0.05) is 5.56 Å². The molecule has 4 rings (SSSR count). The third-order valence-electron chi connectivity index (χ3n) is 6.97. The van der Waals surface area contributed by atoms with Crippen molar-refractivity contribution in [2.75, 3.05) is 20.3 Å². The molecule has 1 N–H and O–H groups in total. The minimum atomic E-state index is -0.508. The van der Waals surface area contributed by atoms with Crippen LogP contribution in [-0.4, -0.2) is 37.1 Å². The average molecular weight is 526 g/mol. The summed E-state index contributed by atoms with van der Waals surface area (Å²) in [5, 5.41) is 1.89. The van der Waals surface area contributed by atoms with Crippen molar-refractivity contribution in [1.29, 1.82) is 0 Å². The second kappa shape index (κ2) is 11.1. The highest BCUT2D eigenvalue weighted by molar-refractivity contribution is 8.18. The smallest absolute Gasteiger partial charge is 0.290 e. The molecule has 0 saturated carbocycles. The standard InChI is InChI=1S/C29H35NO6S/c1-7-8-13-34-25-17(2)18(3)26-21(19(25)4)11-12-29(5,36-26)16-35-22-10-9-20(14-23(22)33-6)15-24-27(31)30-28(32)37-24/h9-10,14-15H,7-8,11-13,16H2,1-6H3,(H,30,31,32)/b24-15+. The van der Waals surface area contributed by atoms with Crippen molar-refractivity contribution in [3.05, 3.63) is 50.9 Å². The van der Waals surface area contributed by atoms with Crippen LogP contribution in [0.1, 0.15) is 60.9 Å². The Morgan fingerprint density at radius 1 is 1.11 bits per heavy atom. The van der Waals surface area contributed by atoms with Crippen LogP contribution < -0.4 is 24.3 Å². The summed E-state index contributed by atoms with van der Waals surface area (Å²) < 4.78 is 24.5. The maximum atomic E-state index is 11.9. The Morgan fingerprint density at radius 3 is 2.57 bits per heavy atom. The van der Waals surface area contributed by atoms with Crippen LogP contribution in [-0.2, 0) is 11.2 Å². The number of hydrogen-bond donors (Lipinski definition) is 1. The van der Waals surface area contributed by atoms with Crippen molar-refractivity contribution >= 4 is 29.0 Å². The summed E-state index contributed by atoms with van der Waals surface area (Å²) in [6.07, 6.45) is 5.50. The summed E-state index contributed by atoms with van der Waals surface area (Å²) in [7, 11) is 1.57. The van der Waals surface area contributed by atoms with E-state index < -0.39 is 11.5 Å². The molecule has 8 heteroatoms. The number of nitrogens with one attached hydrogen (secondary N) is 1. The van der Waals surface area contributed by atoms with E-state index in [-0.39, 0.29) is 5.24 Å². The molecular weight excluding hydrogens is 490 g/mol. The Balaban J connectivity index is 1.50. The number of methoxy groups -OCH3 is 1. The van der Waals surface area contributed by atoms with E-state index in [0.717, 1.165) is 72.2 Å². The van der Waals surface area contributed by atoms with Crippen LogP contribution in [0, 0.1) is 20.8 Å². The first-order chi connectivity index (χ1) is 17.7. The monoisotopic (exact) mass is 525 g/mol. The summed E-state index contributed by atoms with van der Waals surface area (Å²) in [6.45, 7) is 11.6. The SMILES string of the molecule is CCCCOc1c(C)c(C)c2c(c1C)CCC(C)(COc1ccc(/C=C3/SC(=O)NC3=O)cc1OC)O2. The fourth-order valence-electron chi connectivity index (χ4n) is 4.61. The van der Waals surface area contributed by atoms with Gasteiger partial charge in [0.15, 0.2) is 11.5 Å². The van der Waals surface area contributed by atoms with E-state index >= 15 is 0 Å². The second-order valence-corrected chi connectivity index (χ2v) is 10.8. The molecule has 2 aliphatic heterocycles. The first-order valence-corrected chi connectivity index (χ1v) is 13.5. The molecule has 0 spiro atoms. The second-order valence-electron chi connectivity index (χ2n) is 9.82. The average Bonchev–Trinajstić information content (AvgIpc) is 3.19. The molecule has 37 heavy (non-hydrogen) atoms. The molecule has 7 nitrogen and oxygen atoms in total. The Bertz CT molecular complexity index is 1250. The van der Waals surface area contributed by atoms with Crippen LogP contribution in [0.3, 0.4) is 0 Å². The molecule has 2 aliphatic rings. The number of benzene rings is 2. The molecule has 1 fully saturated rings. The van der Waals surface area contributed by atoms with E-state index in [2.05, 4.69) is 39.9 Å². The van der Waals surface area contributed by atoms with E-state index in [4.69, 9.17) is 18.9 Å². The Hall–Kier alpha value is -3.13. The van der Waals surface area contributed by atoms with Crippen molar-refractivity contribution in [1.82, 2.24) is 5.32 Å². The minimum Gasteiger partial charge on any atom is -0.493 e. The molecule has 0 bridgehead atoms. The molecule has 0 radical (unpaired) electrons. The van der Waals surface area contributed by atoms with E-state index in [1.807, 2.05) is 12.1 Å². The molecule has 2 heterocycles. The number of fused-ring (bicyclic) bond motifs is 1. The Morgan fingerprint density at radius 2 is 1.89 bits per heavy atom. The van der Waals surface area contributed by atoms with E-state index in [9.17, 15) is 9.59 Å². The molecule has 1 atom stereocenters. The van der Waals surface area contributed by atoms with Crippen molar-refractivity contribution in [2.45, 2.75) is 65.9 Å². The van der Waals surface area contributed by atoms with E-state index in [0.29, 0.717) is 23.0 Å². The van der Waals surface area contributed by atoms with Crippen molar-refractivity contribution < 1.29 is 28.5 Å². The topological polar surface area (TPSA) is 83.1 Å². The van der Waals surface area contributed by atoms with Gasteiger partial charge in [0.25, 0.3) is 11.1 Å². The highest BCUT2D eigenvalue weighted by Gasteiger charge is 2.36. The summed E-state index contributed by atoms with van der Waals surface area (Å²) in [5.74, 6) is 2.67.